The molecule has 1 aliphatic heterocycles. The van der Waals surface area contributed by atoms with E-state index in [0.717, 1.165) is 18.7 Å². The van der Waals surface area contributed by atoms with Crippen molar-refractivity contribution in [3.8, 4) is 0 Å². The molecule has 3 aromatic rings. The normalized spacial score (nSPS) is 15.7. The molecule has 1 saturated heterocycles. The number of hydrogen-bond acceptors (Lipinski definition) is 6. The Bertz CT molecular complexity index is 1080. The van der Waals surface area contributed by atoms with E-state index in [2.05, 4.69) is 32.1 Å². The van der Waals surface area contributed by atoms with E-state index in [-0.39, 0.29) is 11.8 Å². The number of aromatic amines is 1. The van der Waals surface area contributed by atoms with Crippen LogP contribution in [0.3, 0.4) is 0 Å². The molecular formula is C20H24Cl2N6O2. The number of nitrogens with zero attached hydrogens (tertiary/aromatic N) is 4. The predicted molar refractivity (Wildman–Crippen MR) is 118 cm³/mol. The smallest absolute Gasteiger partial charge is 0.278 e. The summed E-state index contributed by atoms with van der Waals surface area (Å²) in [6.07, 6.45) is 4.15. The molecule has 3 heterocycles. The molecular weight excluding hydrogens is 427 g/mol. The van der Waals surface area contributed by atoms with Crippen molar-refractivity contribution in [3.63, 3.8) is 0 Å². The number of anilines is 1. The number of benzene rings is 1. The van der Waals surface area contributed by atoms with Crippen LogP contribution in [0.4, 0.5) is 5.95 Å². The molecule has 2 N–H and O–H groups in total. The van der Waals surface area contributed by atoms with Crippen LogP contribution in [0, 0.1) is 0 Å². The van der Waals surface area contributed by atoms with E-state index in [0.29, 0.717) is 46.9 Å². The Hall–Kier alpha value is -2.13. The average molecular weight is 451 g/mol. The summed E-state index contributed by atoms with van der Waals surface area (Å²) in [5.41, 5.74) is 1.50. The van der Waals surface area contributed by atoms with E-state index >= 15 is 0 Å². The van der Waals surface area contributed by atoms with Crippen LogP contribution >= 0.6 is 23.2 Å². The highest BCUT2D eigenvalue weighted by atomic mass is 35.5. The van der Waals surface area contributed by atoms with Gasteiger partial charge in [-0.3, -0.25) is 14.7 Å². The van der Waals surface area contributed by atoms with Crippen LogP contribution in [0.5, 0.6) is 0 Å². The third-order valence-electron chi connectivity index (χ3n) is 5.27. The Balaban J connectivity index is 1.39. The first-order chi connectivity index (χ1) is 14.5. The van der Waals surface area contributed by atoms with Crippen molar-refractivity contribution < 1.29 is 4.74 Å². The monoisotopic (exact) mass is 450 g/mol. The predicted octanol–water partition coefficient (Wildman–Crippen LogP) is 3.50. The molecule has 10 heteroatoms. The van der Waals surface area contributed by atoms with Crippen molar-refractivity contribution in [1.29, 1.82) is 0 Å². The Morgan fingerprint density at radius 3 is 2.83 bits per heavy atom. The summed E-state index contributed by atoms with van der Waals surface area (Å²) in [7, 11) is 0. The van der Waals surface area contributed by atoms with Crippen molar-refractivity contribution >= 4 is 40.3 Å². The van der Waals surface area contributed by atoms with Gasteiger partial charge in [0.1, 0.15) is 6.23 Å². The molecule has 2 aromatic heterocycles. The molecule has 8 nitrogen and oxygen atoms in total. The van der Waals surface area contributed by atoms with E-state index in [1.54, 1.807) is 23.0 Å². The maximum Gasteiger partial charge on any atom is 0.278 e. The fourth-order valence-electron chi connectivity index (χ4n) is 3.61. The van der Waals surface area contributed by atoms with Gasteiger partial charge < -0.3 is 14.6 Å². The van der Waals surface area contributed by atoms with Crippen molar-refractivity contribution in [2.75, 3.05) is 25.0 Å². The second kappa shape index (κ2) is 9.34. The van der Waals surface area contributed by atoms with Crippen LogP contribution < -0.4 is 10.9 Å². The minimum Gasteiger partial charge on any atom is -0.362 e. The zero-order chi connectivity index (χ0) is 21.1. The maximum absolute atomic E-state index is 12.6. The number of fused-ring (bicyclic) bond motifs is 1. The highest BCUT2D eigenvalue weighted by Gasteiger charge is 2.18. The third kappa shape index (κ3) is 4.78. The van der Waals surface area contributed by atoms with Gasteiger partial charge in [-0.1, -0.05) is 29.3 Å². The lowest BCUT2D eigenvalue weighted by Gasteiger charge is -2.23. The fourth-order valence-corrected chi connectivity index (χ4v) is 3.93. The standard InChI is InChI=1S/C20H24Cl2N6O2/c1-13(27-6-2-3-7-27)30-9-8-28-12-24-18-17(28)19(29)26-20(25-18)23-11-14-4-5-15(21)16(22)10-14/h4-5,10,12-13H,2-3,6-9,11H2,1H3,(H2,23,25,26,29). The quantitative estimate of drug-likeness (QED) is 0.545. The van der Waals surface area contributed by atoms with E-state index in [4.69, 9.17) is 27.9 Å². The second-order valence-corrected chi connectivity index (χ2v) is 8.15. The average Bonchev–Trinajstić information content (AvgIpc) is 3.39. The summed E-state index contributed by atoms with van der Waals surface area (Å²) in [4.78, 5) is 26.4. The lowest BCUT2D eigenvalue weighted by molar-refractivity contribution is -0.0387. The van der Waals surface area contributed by atoms with Crippen molar-refractivity contribution in [1.82, 2.24) is 24.4 Å². The Morgan fingerprint density at radius 1 is 1.27 bits per heavy atom. The van der Waals surface area contributed by atoms with Crippen molar-refractivity contribution in [3.05, 3.63) is 50.5 Å². The van der Waals surface area contributed by atoms with Gasteiger partial charge >= 0.3 is 0 Å². The number of ether oxygens (including phenoxy) is 1. The number of H-pyrrole nitrogens is 1. The summed E-state index contributed by atoms with van der Waals surface area (Å²) in [5.74, 6) is 0.350. The van der Waals surface area contributed by atoms with Crippen LogP contribution in [0.1, 0.15) is 25.3 Å². The molecule has 1 atom stereocenters. The van der Waals surface area contributed by atoms with Gasteiger partial charge in [0.2, 0.25) is 5.95 Å². The molecule has 1 aromatic carbocycles. The Labute approximate surface area is 184 Å². The van der Waals surface area contributed by atoms with Gasteiger partial charge in [-0.2, -0.15) is 4.98 Å². The Kier molecular flexibility index (Phi) is 6.58. The van der Waals surface area contributed by atoms with Gasteiger partial charge in [0.15, 0.2) is 11.2 Å². The number of likely N-dealkylation sites (tertiary alicyclic amines) is 1. The molecule has 1 unspecified atom stereocenters. The zero-order valence-electron chi connectivity index (χ0n) is 16.7. The van der Waals surface area contributed by atoms with Crippen LogP contribution in [-0.2, 0) is 17.8 Å². The SMILES string of the molecule is CC(OCCn1cnc2nc(NCc3ccc(Cl)c(Cl)c3)[nH]c(=O)c21)N1CCCC1. The lowest BCUT2D eigenvalue weighted by atomic mass is 10.2. The first kappa shape index (κ1) is 21.1. The molecule has 0 radical (unpaired) electrons. The highest BCUT2D eigenvalue weighted by molar-refractivity contribution is 6.42. The van der Waals surface area contributed by atoms with Gasteiger partial charge in [-0.15, -0.1) is 0 Å². The van der Waals surface area contributed by atoms with Gasteiger partial charge in [0.05, 0.1) is 23.0 Å². The molecule has 1 aliphatic rings. The largest absolute Gasteiger partial charge is 0.362 e. The topological polar surface area (TPSA) is 88.1 Å². The van der Waals surface area contributed by atoms with Crippen LogP contribution in [0.15, 0.2) is 29.3 Å². The molecule has 1 fully saturated rings. The molecule has 0 amide bonds. The van der Waals surface area contributed by atoms with E-state index in [9.17, 15) is 4.79 Å². The minimum absolute atomic E-state index is 0.0795. The molecule has 30 heavy (non-hydrogen) atoms. The number of aromatic nitrogens is 4. The summed E-state index contributed by atoms with van der Waals surface area (Å²) < 4.78 is 7.71. The second-order valence-electron chi connectivity index (χ2n) is 7.34. The van der Waals surface area contributed by atoms with Crippen LogP contribution in [0.2, 0.25) is 10.0 Å². The molecule has 0 aliphatic carbocycles. The summed E-state index contributed by atoms with van der Waals surface area (Å²) >= 11 is 12.0. The molecule has 0 bridgehead atoms. The van der Waals surface area contributed by atoms with E-state index < -0.39 is 0 Å². The lowest BCUT2D eigenvalue weighted by Crippen LogP contribution is -2.33. The number of halogens is 2. The number of rotatable bonds is 8. The minimum atomic E-state index is -0.248. The molecule has 4 rings (SSSR count). The van der Waals surface area contributed by atoms with Crippen LogP contribution in [-0.4, -0.2) is 50.3 Å². The fraction of sp³-hybridized carbons (Fsp3) is 0.450. The first-order valence-corrected chi connectivity index (χ1v) is 10.8. The van der Waals surface area contributed by atoms with Gasteiger partial charge in [0.25, 0.3) is 5.56 Å². The molecule has 0 saturated carbocycles. The summed E-state index contributed by atoms with van der Waals surface area (Å²) in [6.45, 7) is 5.70. The van der Waals surface area contributed by atoms with Gasteiger partial charge in [-0.25, -0.2) is 4.98 Å². The maximum atomic E-state index is 12.6. The van der Waals surface area contributed by atoms with E-state index in [1.165, 1.54) is 12.8 Å². The number of imidazole rings is 1. The van der Waals surface area contributed by atoms with Gasteiger partial charge in [0, 0.05) is 26.2 Å². The molecule has 160 valence electrons. The zero-order valence-corrected chi connectivity index (χ0v) is 18.2. The summed E-state index contributed by atoms with van der Waals surface area (Å²) in [6, 6.07) is 5.36. The van der Waals surface area contributed by atoms with E-state index in [1.807, 2.05) is 6.07 Å². The van der Waals surface area contributed by atoms with Crippen molar-refractivity contribution in [2.45, 2.75) is 39.1 Å². The molecule has 0 spiro atoms. The third-order valence-corrected chi connectivity index (χ3v) is 6.01. The number of hydrogen-bond donors (Lipinski definition) is 2. The first-order valence-electron chi connectivity index (χ1n) is 10.00. The van der Waals surface area contributed by atoms with Crippen LogP contribution in [0.25, 0.3) is 11.2 Å². The highest BCUT2D eigenvalue weighted by Crippen LogP contribution is 2.23. The summed E-state index contributed by atoms with van der Waals surface area (Å²) in [5, 5.41) is 4.07. The Morgan fingerprint density at radius 2 is 2.07 bits per heavy atom. The number of nitrogens with one attached hydrogen (secondary N) is 2. The van der Waals surface area contributed by atoms with Gasteiger partial charge in [-0.05, 0) is 37.5 Å². The van der Waals surface area contributed by atoms with Crippen molar-refractivity contribution in [2.24, 2.45) is 0 Å².